The van der Waals surface area contributed by atoms with Crippen molar-refractivity contribution in [3.63, 3.8) is 0 Å². The summed E-state index contributed by atoms with van der Waals surface area (Å²) in [5, 5.41) is 9.05. The molecule has 3 fully saturated rings. The third-order valence-electron chi connectivity index (χ3n) is 10.4. The van der Waals surface area contributed by atoms with Crippen molar-refractivity contribution < 1.29 is 18.5 Å². The van der Waals surface area contributed by atoms with Crippen molar-refractivity contribution in [2.24, 2.45) is 0 Å². The van der Waals surface area contributed by atoms with Gasteiger partial charge in [-0.05, 0) is 88.4 Å². The maximum Gasteiger partial charge on any atom is 0.150 e. The third-order valence-corrected chi connectivity index (χ3v) is 11.6. The highest BCUT2D eigenvalue weighted by molar-refractivity contribution is 7.11. The molecule has 0 atom stereocenters. The summed E-state index contributed by atoms with van der Waals surface area (Å²) in [6, 6.07) is 13.8. The van der Waals surface area contributed by atoms with Gasteiger partial charge in [0.2, 0.25) is 0 Å². The van der Waals surface area contributed by atoms with Gasteiger partial charge in [-0.2, -0.15) is 0 Å². The van der Waals surface area contributed by atoms with Gasteiger partial charge in [-0.3, -0.25) is 9.80 Å². The molecule has 3 aromatic heterocycles. The number of aryl methyl sites for hydroxylation is 2. The van der Waals surface area contributed by atoms with E-state index in [0.717, 1.165) is 94.6 Å². The van der Waals surface area contributed by atoms with Crippen LogP contribution in [-0.2, 0) is 22.6 Å². The molecule has 0 radical (unpaired) electrons. The Morgan fingerprint density at radius 2 is 1.10 bits per heavy atom. The van der Waals surface area contributed by atoms with Gasteiger partial charge >= 0.3 is 0 Å². The van der Waals surface area contributed by atoms with Gasteiger partial charge in [0.1, 0.15) is 5.76 Å². The van der Waals surface area contributed by atoms with Gasteiger partial charge in [-0.1, -0.05) is 119 Å². The molecule has 3 saturated heterocycles. The first-order chi connectivity index (χ1) is 27.7. The van der Waals surface area contributed by atoms with Gasteiger partial charge in [-0.15, -0.1) is 11.3 Å². The fourth-order valence-electron chi connectivity index (χ4n) is 6.42. The van der Waals surface area contributed by atoms with Crippen molar-refractivity contribution in [1.82, 2.24) is 30.0 Å². The molecular formula is C50H90N6O4S. The monoisotopic (exact) mass is 871 g/mol. The largest absolute Gasteiger partial charge is 0.379 e. The Balaban J connectivity index is 0.000000747. The van der Waals surface area contributed by atoms with E-state index in [-0.39, 0.29) is 22.3 Å². The summed E-state index contributed by atoms with van der Waals surface area (Å²) in [4.78, 5) is 12.9. The number of rotatable bonds is 9. The Morgan fingerprint density at radius 3 is 1.46 bits per heavy atom. The smallest absolute Gasteiger partial charge is 0.150 e. The van der Waals surface area contributed by atoms with E-state index in [4.69, 9.17) is 18.5 Å². The van der Waals surface area contributed by atoms with E-state index in [2.05, 4.69) is 130 Å². The fourth-order valence-corrected chi connectivity index (χ4v) is 7.21. The van der Waals surface area contributed by atoms with E-state index in [1.54, 1.807) is 11.3 Å². The SMILES string of the molecule is C.C.C.CC(C)N1CCCCC1.CC(C)c1cc(CN2CCOCC2)on1.CC(C)c1ccc(CN2CCOCC2)cc1.Cc1cc(C(C)C)no1.Cc1ncc(C(C)C)s1. The summed E-state index contributed by atoms with van der Waals surface area (Å²) in [6.45, 7) is 37.8. The fraction of sp³-hybridized carbons (Fsp3) is 0.700. The van der Waals surface area contributed by atoms with Crippen molar-refractivity contribution >= 4 is 11.3 Å². The van der Waals surface area contributed by atoms with E-state index < -0.39 is 0 Å². The van der Waals surface area contributed by atoms with Crippen molar-refractivity contribution in [3.05, 3.63) is 86.5 Å². The highest BCUT2D eigenvalue weighted by Gasteiger charge is 2.15. The second kappa shape index (κ2) is 31.8. The van der Waals surface area contributed by atoms with Gasteiger partial charge in [0.05, 0.1) is 49.4 Å². The summed E-state index contributed by atoms with van der Waals surface area (Å²) in [6.07, 6.45) is 6.24. The summed E-state index contributed by atoms with van der Waals surface area (Å²) < 4.78 is 20.8. The summed E-state index contributed by atoms with van der Waals surface area (Å²) in [7, 11) is 0. The van der Waals surface area contributed by atoms with Crippen molar-refractivity contribution in [3.8, 4) is 0 Å². The molecule has 7 rings (SSSR count). The predicted octanol–water partition coefficient (Wildman–Crippen LogP) is 12.7. The molecule has 0 amide bonds. The van der Waals surface area contributed by atoms with Crippen molar-refractivity contribution in [2.45, 2.75) is 167 Å². The number of thiazole rings is 1. The Hall–Kier alpha value is -2.93. The predicted molar refractivity (Wildman–Crippen MR) is 260 cm³/mol. The Kier molecular flexibility index (Phi) is 30.3. The molecule has 0 unspecified atom stereocenters. The normalized spacial score (nSPS) is 15.8. The molecule has 1 aromatic carbocycles. The minimum absolute atomic E-state index is 0. The molecule has 4 aromatic rings. The van der Waals surface area contributed by atoms with Gasteiger partial charge in [0.15, 0.2) is 5.76 Å². The van der Waals surface area contributed by atoms with Crippen molar-refractivity contribution in [2.75, 3.05) is 65.7 Å². The van der Waals surface area contributed by atoms with Crippen LogP contribution in [0.4, 0.5) is 0 Å². The second-order valence-electron chi connectivity index (χ2n) is 17.2. The topological polar surface area (TPSA) is 93.1 Å². The second-order valence-corrected chi connectivity index (χ2v) is 18.5. The number of hydrogen-bond acceptors (Lipinski definition) is 11. The van der Waals surface area contributed by atoms with Crippen LogP contribution in [-0.4, -0.2) is 102 Å². The van der Waals surface area contributed by atoms with Gasteiger partial charge in [0.25, 0.3) is 0 Å². The lowest BCUT2D eigenvalue weighted by atomic mass is 10.0. The molecule has 10 nitrogen and oxygen atoms in total. The van der Waals surface area contributed by atoms with Crippen LogP contribution in [0.3, 0.4) is 0 Å². The lowest BCUT2D eigenvalue weighted by Crippen LogP contribution is -2.35. The minimum Gasteiger partial charge on any atom is -0.379 e. The van der Waals surface area contributed by atoms with Crippen LogP contribution in [0.25, 0.3) is 0 Å². The van der Waals surface area contributed by atoms with Crippen LogP contribution in [0.15, 0.2) is 51.6 Å². The maximum atomic E-state index is 5.35. The molecule has 0 bridgehead atoms. The zero-order chi connectivity index (χ0) is 42.5. The zero-order valence-corrected chi connectivity index (χ0v) is 39.1. The molecule has 6 heterocycles. The average molecular weight is 871 g/mol. The lowest BCUT2D eigenvalue weighted by molar-refractivity contribution is 0.0305. The van der Waals surface area contributed by atoms with Crippen LogP contribution in [0.2, 0.25) is 0 Å². The molecule has 61 heavy (non-hydrogen) atoms. The third kappa shape index (κ3) is 23.4. The van der Waals surface area contributed by atoms with Gasteiger partial charge < -0.3 is 23.4 Å². The molecule has 0 aliphatic carbocycles. The molecule has 0 saturated carbocycles. The number of nitrogens with zero attached hydrogens (tertiary/aromatic N) is 6. The number of aromatic nitrogens is 3. The van der Waals surface area contributed by atoms with Crippen molar-refractivity contribution in [1.29, 1.82) is 0 Å². The highest BCUT2D eigenvalue weighted by atomic mass is 32.1. The van der Waals surface area contributed by atoms with E-state index in [1.807, 2.05) is 26.1 Å². The summed E-state index contributed by atoms with van der Waals surface area (Å²) in [5.74, 6) is 4.02. The van der Waals surface area contributed by atoms with Crippen LogP contribution in [0.5, 0.6) is 0 Å². The van der Waals surface area contributed by atoms with E-state index >= 15 is 0 Å². The van der Waals surface area contributed by atoms with Crippen LogP contribution < -0.4 is 0 Å². The quantitative estimate of drug-likeness (QED) is 0.162. The first-order valence-corrected chi connectivity index (χ1v) is 22.8. The number of morpholine rings is 2. The van der Waals surface area contributed by atoms with E-state index in [9.17, 15) is 0 Å². The Bertz CT molecular complexity index is 1570. The number of ether oxygens (including phenoxy) is 2. The van der Waals surface area contributed by atoms with Crippen LogP contribution >= 0.6 is 11.3 Å². The van der Waals surface area contributed by atoms with Crippen LogP contribution in [0, 0.1) is 13.8 Å². The number of piperidine rings is 1. The van der Waals surface area contributed by atoms with Crippen LogP contribution in [0.1, 0.15) is 178 Å². The lowest BCUT2D eigenvalue weighted by Gasteiger charge is -2.29. The summed E-state index contributed by atoms with van der Waals surface area (Å²) in [5.41, 5.74) is 4.91. The molecular weight excluding hydrogens is 781 g/mol. The number of hydrogen-bond donors (Lipinski definition) is 0. The molecule has 0 N–H and O–H groups in total. The Morgan fingerprint density at radius 1 is 0.590 bits per heavy atom. The molecule has 350 valence electrons. The highest BCUT2D eigenvalue weighted by Crippen LogP contribution is 2.21. The first kappa shape index (κ1) is 58.1. The van der Waals surface area contributed by atoms with Gasteiger partial charge in [-0.25, -0.2) is 4.98 Å². The molecule has 0 spiro atoms. The van der Waals surface area contributed by atoms with E-state index in [0.29, 0.717) is 23.7 Å². The van der Waals surface area contributed by atoms with Gasteiger partial charge in [0, 0.05) is 62.0 Å². The molecule has 3 aliphatic heterocycles. The summed E-state index contributed by atoms with van der Waals surface area (Å²) >= 11 is 1.78. The average Bonchev–Trinajstić information content (AvgIpc) is 3.99. The first-order valence-electron chi connectivity index (χ1n) is 22.0. The zero-order valence-electron chi connectivity index (χ0n) is 38.3. The minimum atomic E-state index is 0. The number of likely N-dealkylation sites (tertiary alicyclic amines) is 1. The van der Waals surface area contributed by atoms with E-state index in [1.165, 1.54) is 53.4 Å². The molecule has 11 heteroatoms. The Labute approximate surface area is 378 Å². The standard InChI is InChI=1S/C14H21NO.C11H18N2O2.C8H17N.C7H11NO.C7H11NS.3CH4/c1-12(2)14-5-3-13(4-6-14)11-15-7-9-16-10-8-15;1-9(2)11-7-10(15-12-11)8-13-3-5-14-6-4-13;1-8(2)9-6-4-3-5-7-9;1-5(2)7-4-6(3)9-8-7;1-5(2)7-4-8-6(3)9-7;;;/h3-6,12H,7-11H2,1-2H3;7,9H,3-6,8H2,1-2H3;8H,3-7H2,1-2H3;2*4-5H,1-3H3;3*1H4. The number of benzene rings is 1. The molecule has 3 aliphatic rings. The maximum absolute atomic E-state index is 5.35.